The molecule has 4 rings (SSSR count). The number of ether oxygens (including phenoxy) is 1. The molecular weight excluding hydrogens is 358 g/mol. The van der Waals surface area contributed by atoms with Crippen molar-refractivity contribution in [2.75, 3.05) is 32.8 Å². The number of aliphatic carboxylic acids is 1. The minimum Gasteiger partial charge on any atom is -0.548 e. The van der Waals surface area contributed by atoms with E-state index in [-0.39, 0.29) is 0 Å². The number of hydrogen-bond donors (Lipinski definition) is 1. The second kappa shape index (κ2) is 6.98. The number of nitrogens with one attached hydrogen (secondary N) is 1. The van der Waals surface area contributed by atoms with E-state index in [1.165, 1.54) is 16.2 Å². The zero-order valence-corrected chi connectivity index (χ0v) is 15.2. The lowest BCUT2D eigenvalue weighted by atomic mass is 10.2. The number of carboxylic acid groups (broad SMARTS) is 1. The molecule has 3 heterocycles. The normalized spacial score (nSPS) is 17.7. The van der Waals surface area contributed by atoms with E-state index in [4.69, 9.17) is 4.74 Å². The van der Waals surface area contributed by atoms with Gasteiger partial charge in [0.1, 0.15) is 17.9 Å². The highest BCUT2D eigenvalue weighted by atomic mass is 32.1. The standard InChI is InChI=1S/C17H21N3O5S/c21-13(22)10-20-15(23)14-11-2-1-3-12(11)26-16(14)19(17(20)24)5-4-18-6-8-25-9-7-18/h1-10H2,(H,21,22). The zero-order valence-electron chi connectivity index (χ0n) is 14.4. The first-order valence-corrected chi connectivity index (χ1v) is 9.77. The van der Waals surface area contributed by atoms with E-state index in [0.717, 1.165) is 53.9 Å². The van der Waals surface area contributed by atoms with Gasteiger partial charge in [-0.15, -0.1) is 11.3 Å². The Labute approximate surface area is 153 Å². The molecule has 0 aromatic carbocycles. The summed E-state index contributed by atoms with van der Waals surface area (Å²) in [6, 6.07) is 0. The van der Waals surface area contributed by atoms with Crippen molar-refractivity contribution in [3.63, 3.8) is 0 Å². The van der Waals surface area contributed by atoms with E-state index < -0.39 is 23.8 Å². The van der Waals surface area contributed by atoms with Crippen molar-refractivity contribution < 1.29 is 19.5 Å². The van der Waals surface area contributed by atoms with Gasteiger partial charge in [-0.2, -0.15) is 0 Å². The summed E-state index contributed by atoms with van der Waals surface area (Å²) in [5.74, 6) is -1.43. The number of nitrogens with zero attached hydrogens (tertiary/aromatic N) is 2. The maximum absolute atomic E-state index is 12.8. The predicted molar refractivity (Wildman–Crippen MR) is 93.8 cm³/mol. The van der Waals surface area contributed by atoms with Gasteiger partial charge in [-0.1, -0.05) is 0 Å². The van der Waals surface area contributed by atoms with E-state index in [1.54, 1.807) is 4.57 Å². The molecule has 2 aromatic rings. The summed E-state index contributed by atoms with van der Waals surface area (Å²) in [4.78, 5) is 39.9. The van der Waals surface area contributed by atoms with Crippen molar-refractivity contribution in [2.45, 2.75) is 32.4 Å². The zero-order chi connectivity index (χ0) is 18.3. The van der Waals surface area contributed by atoms with Crippen molar-refractivity contribution >= 4 is 27.5 Å². The van der Waals surface area contributed by atoms with Crippen LogP contribution in [-0.2, 0) is 35.5 Å². The average molecular weight is 379 g/mol. The van der Waals surface area contributed by atoms with Gasteiger partial charge in [-0.3, -0.25) is 13.9 Å². The first-order chi connectivity index (χ1) is 12.6. The number of rotatable bonds is 5. The van der Waals surface area contributed by atoms with Gasteiger partial charge in [0.2, 0.25) is 0 Å². The maximum Gasteiger partial charge on any atom is 0.332 e. The predicted octanol–water partition coefficient (Wildman–Crippen LogP) is -2.62. The van der Waals surface area contributed by atoms with Gasteiger partial charge in [0, 0.05) is 4.88 Å². The van der Waals surface area contributed by atoms with Crippen LogP contribution in [0, 0.1) is 0 Å². The van der Waals surface area contributed by atoms with Crippen molar-refractivity contribution in [1.82, 2.24) is 9.13 Å². The molecule has 140 valence electrons. The highest BCUT2D eigenvalue weighted by Gasteiger charge is 2.25. The number of quaternary nitrogens is 1. The van der Waals surface area contributed by atoms with Gasteiger partial charge in [0.05, 0.1) is 44.2 Å². The Morgan fingerprint density at radius 1 is 1.19 bits per heavy atom. The molecule has 1 saturated heterocycles. The first-order valence-electron chi connectivity index (χ1n) is 8.95. The number of morpholine rings is 1. The van der Waals surface area contributed by atoms with Gasteiger partial charge in [0.25, 0.3) is 5.56 Å². The Morgan fingerprint density at radius 3 is 2.69 bits per heavy atom. The van der Waals surface area contributed by atoms with E-state index in [9.17, 15) is 19.5 Å². The molecule has 0 bridgehead atoms. The molecule has 1 aliphatic carbocycles. The van der Waals surface area contributed by atoms with Crippen LogP contribution in [0.15, 0.2) is 9.59 Å². The van der Waals surface area contributed by atoms with Crippen molar-refractivity contribution in [1.29, 1.82) is 0 Å². The fraction of sp³-hybridized carbons (Fsp3) is 0.588. The van der Waals surface area contributed by atoms with Crippen molar-refractivity contribution in [2.24, 2.45) is 0 Å². The van der Waals surface area contributed by atoms with E-state index in [0.29, 0.717) is 30.0 Å². The fourth-order valence-corrected chi connectivity index (χ4v) is 5.30. The summed E-state index contributed by atoms with van der Waals surface area (Å²) >= 11 is 1.51. The van der Waals surface area contributed by atoms with Crippen LogP contribution in [0.4, 0.5) is 0 Å². The number of hydrogen-bond acceptors (Lipinski definition) is 6. The van der Waals surface area contributed by atoms with Crippen LogP contribution < -0.4 is 21.3 Å². The smallest absolute Gasteiger partial charge is 0.332 e. The largest absolute Gasteiger partial charge is 0.548 e. The van der Waals surface area contributed by atoms with Gasteiger partial charge >= 0.3 is 5.69 Å². The number of aryl methyl sites for hydroxylation is 2. The van der Waals surface area contributed by atoms with Crippen LogP contribution >= 0.6 is 11.3 Å². The van der Waals surface area contributed by atoms with E-state index in [1.807, 2.05) is 0 Å². The lowest BCUT2D eigenvalue weighted by molar-refractivity contribution is -0.908. The number of fused-ring (bicyclic) bond motifs is 3. The lowest BCUT2D eigenvalue weighted by Gasteiger charge is -2.24. The van der Waals surface area contributed by atoms with Crippen LogP contribution in [0.2, 0.25) is 0 Å². The van der Waals surface area contributed by atoms with Crippen LogP contribution in [0.5, 0.6) is 0 Å². The molecule has 0 atom stereocenters. The van der Waals surface area contributed by atoms with Gasteiger partial charge in [-0.25, -0.2) is 4.79 Å². The summed E-state index contributed by atoms with van der Waals surface area (Å²) in [5.41, 5.74) is -0.0579. The maximum atomic E-state index is 12.8. The number of thiophene rings is 1. The van der Waals surface area contributed by atoms with Gasteiger partial charge in [-0.05, 0) is 24.8 Å². The highest BCUT2D eigenvalue weighted by molar-refractivity contribution is 7.18. The summed E-state index contributed by atoms with van der Waals surface area (Å²) in [6.45, 7) is 3.67. The fourth-order valence-electron chi connectivity index (χ4n) is 3.90. The second-order valence-electron chi connectivity index (χ2n) is 6.85. The molecule has 1 aliphatic heterocycles. The molecule has 9 heteroatoms. The molecule has 0 saturated carbocycles. The average Bonchev–Trinajstić information content (AvgIpc) is 3.20. The number of carboxylic acids is 1. The summed E-state index contributed by atoms with van der Waals surface area (Å²) < 4.78 is 7.77. The summed E-state index contributed by atoms with van der Waals surface area (Å²) in [6.07, 6.45) is 2.72. The third kappa shape index (κ3) is 3.00. The molecule has 1 fully saturated rings. The molecule has 0 unspecified atom stereocenters. The third-order valence-corrected chi connectivity index (χ3v) is 6.56. The molecule has 1 N–H and O–H groups in total. The minimum absolute atomic E-state index is 0.456. The van der Waals surface area contributed by atoms with E-state index in [2.05, 4.69) is 0 Å². The van der Waals surface area contributed by atoms with Crippen LogP contribution in [0.3, 0.4) is 0 Å². The first kappa shape index (κ1) is 17.4. The van der Waals surface area contributed by atoms with Crippen LogP contribution in [-0.4, -0.2) is 48.0 Å². The van der Waals surface area contributed by atoms with Crippen LogP contribution in [0.25, 0.3) is 10.2 Å². The minimum atomic E-state index is -1.43. The van der Waals surface area contributed by atoms with Gasteiger partial charge in [0.15, 0.2) is 0 Å². The SMILES string of the molecule is O=C([O-])Cn1c(=O)c2c3c(sc2n(CC[NH+]2CCOCC2)c1=O)CCC3. The van der Waals surface area contributed by atoms with E-state index >= 15 is 0 Å². The monoisotopic (exact) mass is 379 g/mol. The molecule has 2 aromatic heterocycles. The Bertz CT molecular complexity index is 967. The Morgan fingerprint density at radius 2 is 1.96 bits per heavy atom. The molecule has 0 spiro atoms. The lowest BCUT2D eigenvalue weighted by Crippen LogP contribution is -3.14. The topological polar surface area (TPSA) is 97.8 Å². The molecule has 8 nitrogen and oxygen atoms in total. The molecule has 0 amide bonds. The summed E-state index contributed by atoms with van der Waals surface area (Å²) in [7, 11) is 0. The molecule has 26 heavy (non-hydrogen) atoms. The quantitative estimate of drug-likeness (QED) is 0.613. The van der Waals surface area contributed by atoms with Crippen molar-refractivity contribution in [3.8, 4) is 0 Å². The third-order valence-electron chi connectivity index (χ3n) is 5.24. The summed E-state index contributed by atoms with van der Waals surface area (Å²) in [5, 5.41) is 11.6. The molecular formula is C17H21N3O5S. The number of aromatic nitrogens is 2. The van der Waals surface area contributed by atoms with Crippen LogP contribution in [0.1, 0.15) is 16.9 Å². The Hall–Kier alpha value is -1.97. The molecule has 2 aliphatic rings. The second-order valence-corrected chi connectivity index (χ2v) is 7.93. The Kier molecular flexibility index (Phi) is 4.68. The Balaban J connectivity index is 1.80. The highest BCUT2D eigenvalue weighted by Crippen LogP contribution is 2.34. The number of carbonyl (C=O) groups is 1. The van der Waals surface area contributed by atoms with Crippen molar-refractivity contribution in [3.05, 3.63) is 31.3 Å². The molecule has 0 radical (unpaired) electrons. The number of carbonyl (C=O) groups excluding carboxylic acids is 1. The van der Waals surface area contributed by atoms with Gasteiger partial charge < -0.3 is 19.5 Å².